The minimum absolute atomic E-state index is 0.160. The summed E-state index contributed by atoms with van der Waals surface area (Å²) in [4.78, 5) is 14.7. The van der Waals surface area contributed by atoms with Crippen molar-refractivity contribution in [2.45, 2.75) is 45.4 Å². The predicted octanol–water partition coefficient (Wildman–Crippen LogP) is 4.58. The number of halogens is 1. The van der Waals surface area contributed by atoms with E-state index >= 15 is 0 Å². The molecule has 1 aromatic rings. The molecule has 22 heavy (non-hydrogen) atoms. The summed E-state index contributed by atoms with van der Waals surface area (Å²) in [5.41, 5.74) is 0.684. The van der Waals surface area contributed by atoms with Crippen LogP contribution in [0.25, 0.3) is 0 Å². The molecular weight excluding hydrogens is 298 g/mol. The lowest BCUT2D eigenvalue weighted by Crippen LogP contribution is -2.27. The van der Waals surface area contributed by atoms with Gasteiger partial charge in [0.05, 0.1) is 11.6 Å². The Bertz CT molecular complexity index is 482. The zero-order valence-corrected chi connectivity index (χ0v) is 14.2. The highest BCUT2D eigenvalue weighted by atomic mass is 35.5. The molecule has 3 nitrogen and oxygen atoms in total. The zero-order chi connectivity index (χ0) is 15.8. The second-order valence-electron chi connectivity index (χ2n) is 5.92. The highest BCUT2D eigenvalue weighted by molar-refractivity contribution is 6.32. The Hall–Kier alpha value is -1.06. The Morgan fingerprint density at radius 1 is 1.23 bits per heavy atom. The van der Waals surface area contributed by atoms with Gasteiger partial charge in [-0.3, -0.25) is 4.79 Å². The van der Waals surface area contributed by atoms with Gasteiger partial charge in [0.2, 0.25) is 0 Å². The Labute approximate surface area is 138 Å². The molecule has 0 bridgehead atoms. The van der Waals surface area contributed by atoms with Gasteiger partial charge in [0, 0.05) is 18.5 Å². The van der Waals surface area contributed by atoms with Crippen molar-refractivity contribution in [2.24, 2.45) is 0 Å². The topological polar surface area (TPSA) is 29.5 Å². The SMILES string of the molecule is CCCOc1ccc(C(=O)CCN2CCCCCC2)cc1Cl. The van der Waals surface area contributed by atoms with Crippen LogP contribution >= 0.6 is 11.6 Å². The van der Waals surface area contributed by atoms with Gasteiger partial charge in [-0.05, 0) is 50.6 Å². The van der Waals surface area contributed by atoms with Gasteiger partial charge in [0.25, 0.3) is 0 Å². The van der Waals surface area contributed by atoms with Crippen LogP contribution in [0.5, 0.6) is 5.75 Å². The first kappa shape index (κ1) is 17.3. The number of nitrogens with zero attached hydrogens (tertiary/aromatic N) is 1. The normalized spacial score (nSPS) is 16.3. The minimum atomic E-state index is 0.160. The van der Waals surface area contributed by atoms with Crippen LogP contribution < -0.4 is 4.74 Å². The quantitative estimate of drug-likeness (QED) is 0.688. The third-order valence-corrected chi connectivity index (χ3v) is 4.36. The van der Waals surface area contributed by atoms with E-state index in [1.54, 1.807) is 12.1 Å². The first-order valence-electron chi connectivity index (χ1n) is 8.38. The predicted molar refractivity (Wildman–Crippen MR) is 91.1 cm³/mol. The Morgan fingerprint density at radius 3 is 2.59 bits per heavy atom. The summed E-state index contributed by atoms with van der Waals surface area (Å²) in [5, 5.41) is 0.522. The maximum Gasteiger partial charge on any atom is 0.164 e. The molecule has 4 heteroatoms. The molecule has 1 aliphatic heterocycles. The second-order valence-corrected chi connectivity index (χ2v) is 6.33. The van der Waals surface area contributed by atoms with Crippen LogP contribution in [0.3, 0.4) is 0 Å². The number of Topliss-reactive ketones (excluding diaryl/α,β-unsaturated/α-hetero) is 1. The molecular formula is C18H26ClNO2. The molecule has 0 unspecified atom stereocenters. The van der Waals surface area contributed by atoms with Gasteiger partial charge in [-0.25, -0.2) is 0 Å². The number of benzene rings is 1. The molecule has 1 heterocycles. The van der Waals surface area contributed by atoms with Gasteiger partial charge in [-0.2, -0.15) is 0 Å². The van der Waals surface area contributed by atoms with E-state index in [0.29, 0.717) is 29.4 Å². The Morgan fingerprint density at radius 2 is 1.95 bits per heavy atom. The molecule has 1 fully saturated rings. The number of ketones is 1. The first-order valence-corrected chi connectivity index (χ1v) is 8.76. The average molecular weight is 324 g/mol. The fourth-order valence-electron chi connectivity index (χ4n) is 2.77. The number of carbonyl (C=O) groups is 1. The lowest BCUT2D eigenvalue weighted by atomic mass is 10.1. The molecule has 0 saturated carbocycles. The summed E-state index contributed by atoms with van der Waals surface area (Å²) in [5.74, 6) is 0.820. The van der Waals surface area contributed by atoms with E-state index in [4.69, 9.17) is 16.3 Å². The summed E-state index contributed by atoms with van der Waals surface area (Å²) in [7, 11) is 0. The molecule has 1 aromatic carbocycles. The van der Waals surface area contributed by atoms with Crippen molar-refractivity contribution >= 4 is 17.4 Å². The Kier molecular flexibility index (Phi) is 7.20. The van der Waals surface area contributed by atoms with E-state index in [0.717, 1.165) is 26.1 Å². The van der Waals surface area contributed by atoms with Gasteiger partial charge >= 0.3 is 0 Å². The molecule has 0 atom stereocenters. The van der Waals surface area contributed by atoms with E-state index in [1.165, 1.54) is 25.7 Å². The molecule has 0 aromatic heterocycles. The molecule has 1 aliphatic rings. The van der Waals surface area contributed by atoms with Crippen molar-refractivity contribution < 1.29 is 9.53 Å². The Balaban J connectivity index is 1.87. The third-order valence-electron chi connectivity index (χ3n) is 4.07. The molecule has 1 saturated heterocycles. The number of likely N-dealkylation sites (tertiary alicyclic amines) is 1. The standard InChI is InChI=1S/C18H26ClNO2/c1-2-13-22-18-8-7-15(14-16(18)19)17(21)9-12-20-10-5-3-4-6-11-20/h7-8,14H,2-6,9-13H2,1H3. The second kappa shape index (κ2) is 9.16. The van der Waals surface area contributed by atoms with Crippen LogP contribution in [0.15, 0.2) is 18.2 Å². The highest BCUT2D eigenvalue weighted by Crippen LogP contribution is 2.26. The maximum absolute atomic E-state index is 12.3. The minimum Gasteiger partial charge on any atom is -0.492 e. The van der Waals surface area contributed by atoms with Crippen LogP contribution in [0.2, 0.25) is 5.02 Å². The van der Waals surface area contributed by atoms with E-state index in [1.807, 2.05) is 6.07 Å². The summed E-state index contributed by atoms with van der Waals surface area (Å²) in [6.07, 6.45) is 6.64. The molecule has 0 radical (unpaired) electrons. The van der Waals surface area contributed by atoms with Crippen molar-refractivity contribution in [3.63, 3.8) is 0 Å². The largest absolute Gasteiger partial charge is 0.492 e. The van der Waals surface area contributed by atoms with E-state index < -0.39 is 0 Å². The van der Waals surface area contributed by atoms with Gasteiger partial charge in [-0.15, -0.1) is 0 Å². The number of carbonyl (C=O) groups excluding carboxylic acids is 1. The lowest BCUT2D eigenvalue weighted by molar-refractivity contribution is 0.0965. The third kappa shape index (κ3) is 5.29. The summed E-state index contributed by atoms with van der Waals surface area (Å²) < 4.78 is 5.54. The van der Waals surface area contributed by atoms with E-state index in [-0.39, 0.29) is 5.78 Å². The first-order chi connectivity index (χ1) is 10.7. The van der Waals surface area contributed by atoms with E-state index in [9.17, 15) is 4.79 Å². The molecule has 0 N–H and O–H groups in total. The van der Waals surface area contributed by atoms with Gasteiger partial charge < -0.3 is 9.64 Å². The fraction of sp³-hybridized carbons (Fsp3) is 0.611. The van der Waals surface area contributed by atoms with Crippen molar-refractivity contribution in [3.05, 3.63) is 28.8 Å². The highest BCUT2D eigenvalue weighted by Gasteiger charge is 2.13. The summed E-state index contributed by atoms with van der Waals surface area (Å²) >= 11 is 6.19. The molecule has 0 amide bonds. The number of hydrogen-bond donors (Lipinski definition) is 0. The smallest absolute Gasteiger partial charge is 0.164 e. The molecule has 122 valence electrons. The van der Waals surface area contributed by atoms with Gasteiger partial charge in [-0.1, -0.05) is 31.4 Å². The monoisotopic (exact) mass is 323 g/mol. The molecule has 0 spiro atoms. The van der Waals surface area contributed by atoms with Gasteiger partial charge in [0.1, 0.15) is 5.75 Å². The van der Waals surface area contributed by atoms with Gasteiger partial charge in [0.15, 0.2) is 5.78 Å². The number of ether oxygens (including phenoxy) is 1. The number of hydrogen-bond acceptors (Lipinski definition) is 3. The van der Waals surface area contributed by atoms with Crippen molar-refractivity contribution in [1.29, 1.82) is 0 Å². The van der Waals surface area contributed by atoms with Crippen molar-refractivity contribution in [2.75, 3.05) is 26.2 Å². The molecule has 2 rings (SSSR count). The van der Waals surface area contributed by atoms with Crippen LogP contribution in [0, 0.1) is 0 Å². The molecule has 0 aliphatic carbocycles. The average Bonchev–Trinajstić information content (AvgIpc) is 2.80. The van der Waals surface area contributed by atoms with Crippen molar-refractivity contribution in [1.82, 2.24) is 4.90 Å². The van der Waals surface area contributed by atoms with Crippen molar-refractivity contribution in [3.8, 4) is 5.75 Å². The van der Waals surface area contributed by atoms with Crippen LogP contribution in [-0.2, 0) is 0 Å². The fourth-order valence-corrected chi connectivity index (χ4v) is 3.00. The lowest BCUT2D eigenvalue weighted by Gasteiger charge is -2.19. The summed E-state index contributed by atoms with van der Waals surface area (Å²) in [6.45, 7) is 5.79. The van der Waals surface area contributed by atoms with Crippen LogP contribution in [0.1, 0.15) is 55.8 Å². The number of rotatable bonds is 7. The maximum atomic E-state index is 12.3. The van der Waals surface area contributed by atoms with E-state index in [2.05, 4.69) is 11.8 Å². The van der Waals surface area contributed by atoms with Crippen LogP contribution in [0.4, 0.5) is 0 Å². The summed E-state index contributed by atoms with van der Waals surface area (Å²) in [6, 6.07) is 5.36. The van der Waals surface area contributed by atoms with Crippen LogP contribution in [-0.4, -0.2) is 36.9 Å². The zero-order valence-electron chi connectivity index (χ0n) is 13.4.